The van der Waals surface area contributed by atoms with Gasteiger partial charge in [0, 0.05) is 6.54 Å². The van der Waals surface area contributed by atoms with Crippen molar-refractivity contribution >= 4 is 5.97 Å². The number of aliphatic hydroxyl groups excluding tert-OH is 2. The minimum atomic E-state index is -1.06. The molecule has 0 aliphatic carbocycles. The molecule has 5 heteroatoms. The van der Waals surface area contributed by atoms with Crippen LogP contribution in [-0.2, 0) is 9.53 Å². The lowest BCUT2D eigenvalue weighted by molar-refractivity contribution is -0.145. The van der Waals surface area contributed by atoms with E-state index in [0.29, 0.717) is 17.8 Å². The summed E-state index contributed by atoms with van der Waals surface area (Å²) in [4.78, 5) is 11.3. The lowest BCUT2D eigenvalue weighted by atomic mass is 10.1. The monoisotopic (exact) mass is 215 g/mol. The van der Waals surface area contributed by atoms with Crippen LogP contribution in [0.5, 0.6) is 0 Å². The number of nitrogens with one attached hydrogen (secondary N) is 1. The third kappa shape index (κ3) is 2.49. The predicted octanol–water partition coefficient (Wildman–Crippen LogP) is -0.461. The molecule has 5 nitrogen and oxygen atoms in total. The number of carbonyl (C=O) groups excluding carboxylic acids is 1. The van der Waals surface area contributed by atoms with Crippen molar-refractivity contribution in [3.63, 3.8) is 0 Å². The zero-order chi connectivity index (χ0) is 11.4. The maximum atomic E-state index is 11.3. The van der Waals surface area contributed by atoms with Gasteiger partial charge in [-0.3, -0.25) is 0 Å². The summed E-state index contributed by atoms with van der Waals surface area (Å²) < 4.78 is 4.95. The minimum Gasteiger partial charge on any atom is -0.450 e. The maximum Gasteiger partial charge on any atom is 0.336 e. The highest BCUT2D eigenvalue weighted by Gasteiger charge is 2.35. The Bertz CT molecular complexity index is 275. The fraction of sp³-hybridized carbons (Fsp3) is 0.700. The third-order valence-electron chi connectivity index (χ3n) is 2.33. The summed E-state index contributed by atoms with van der Waals surface area (Å²) in [6, 6.07) is 0. The van der Waals surface area contributed by atoms with Crippen LogP contribution in [0.25, 0.3) is 0 Å². The highest BCUT2D eigenvalue weighted by molar-refractivity contribution is 5.91. The highest BCUT2D eigenvalue weighted by Crippen LogP contribution is 2.22. The molecular weight excluding hydrogens is 198 g/mol. The van der Waals surface area contributed by atoms with Crippen molar-refractivity contribution in [1.29, 1.82) is 0 Å². The SMILES string of the molecule is CCCNC1=C(C)C(=O)O[C@@H]1[C@@H](O)CO. The first kappa shape index (κ1) is 12.0. The van der Waals surface area contributed by atoms with Crippen molar-refractivity contribution < 1.29 is 19.7 Å². The van der Waals surface area contributed by atoms with Crippen LogP contribution in [0.4, 0.5) is 0 Å². The normalized spacial score (nSPS) is 22.9. The Balaban J connectivity index is 2.77. The molecule has 0 radical (unpaired) electrons. The number of cyclic esters (lactones) is 1. The zero-order valence-corrected chi connectivity index (χ0v) is 8.99. The molecule has 0 saturated carbocycles. The number of ether oxygens (including phenoxy) is 1. The van der Waals surface area contributed by atoms with Crippen molar-refractivity contribution in [3.8, 4) is 0 Å². The third-order valence-corrected chi connectivity index (χ3v) is 2.33. The van der Waals surface area contributed by atoms with E-state index in [-0.39, 0.29) is 0 Å². The Labute approximate surface area is 88.7 Å². The second kappa shape index (κ2) is 5.14. The second-order valence-electron chi connectivity index (χ2n) is 3.54. The first-order valence-electron chi connectivity index (χ1n) is 5.06. The van der Waals surface area contributed by atoms with Gasteiger partial charge in [0.05, 0.1) is 17.9 Å². The maximum absolute atomic E-state index is 11.3. The van der Waals surface area contributed by atoms with E-state index >= 15 is 0 Å². The molecule has 2 atom stereocenters. The molecule has 0 aromatic rings. The molecule has 3 N–H and O–H groups in total. The van der Waals surface area contributed by atoms with Gasteiger partial charge in [-0.15, -0.1) is 0 Å². The van der Waals surface area contributed by atoms with Gasteiger partial charge in [0.25, 0.3) is 0 Å². The summed E-state index contributed by atoms with van der Waals surface area (Å²) >= 11 is 0. The fourth-order valence-corrected chi connectivity index (χ4v) is 1.45. The van der Waals surface area contributed by atoms with E-state index < -0.39 is 24.8 Å². The van der Waals surface area contributed by atoms with Crippen molar-refractivity contribution in [2.45, 2.75) is 32.5 Å². The van der Waals surface area contributed by atoms with Crippen LogP contribution in [0.15, 0.2) is 11.3 Å². The van der Waals surface area contributed by atoms with E-state index in [9.17, 15) is 9.90 Å². The van der Waals surface area contributed by atoms with E-state index in [1.54, 1.807) is 6.92 Å². The van der Waals surface area contributed by atoms with Crippen LogP contribution in [0.2, 0.25) is 0 Å². The van der Waals surface area contributed by atoms with E-state index in [0.717, 1.165) is 6.42 Å². The van der Waals surface area contributed by atoms with Crippen LogP contribution < -0.4 is 5.32 Å². The van der Waals surface area contributed by atoms with Crippen LogP contribution in [0, 0.1) is 0 Å². The largest absolute Gasteiger partial charge is 0.450 e. The molecule has 15 heavy (non-hydrogen) atoms. The van der Waals surface area contributed by atoms with Gasteiger partial charge >= 0.3 is 5.97 Å². The summed E-state index contributed by atoms with van der Waals surface area (Å²) in [5.74, 6) is -0.439. The van der Waals surface area contributed by atoms with Crippen LogP contribution in [0.1, 0.15) is 20.3 Å². The second-order valence-corrected chi connectivity index (χ2v) is 3.54. The van der Waals surface area contributed by atoms with Gasteiger partial charge in [0.1, 0.15) is 6.10 Å². The van der Waals surface area contributed by atoms with Crippen molar-refractivity contribution in [1.82, 2.24) is 5.32 Å². The summed E-state index contributed by atoms with van der Waals surface area (Å²) in [5.41, 5.74) is 1.06. The van der Waals surface area contributed by atoms with E-state index in [2.05, 4.69) is 5.32 Å². The van der Waals surface area contributed by atoms with Gasteiger partial charge in [0.2, 0.25) is 0 Å². The summed E-state index contributed by atoms with van der Waals surface area (Å²) in [5, 5.41) is 21.3. The number of hydrogen-bond acceptors (Lipinski definition) is 5. The minimum absolute atomic E-state index is 0.428. The Morgan fingerprint density at radius 2 is 2.27 bits per heavy atom. The molecule has 0 bridgehead atoms. The Hall–Kier alpha value is -1.07. The Morgan fingerprint density at radius 3 is 2.80 bits per heavy atom. The molecule has 0 fully saturated rings. The molecule has 86 valence electrons. The Kier molecular flexibility index (Phi) is 4.11. The van der Waals surface area contributed by atoms with E-state index in [1.165, 1.54) is 0 Å². The quantitative estimate of drug-likeness (QED) is 0.541. The molecule has 0 saturated heterocycles. The molecule has 1 heterocycles. The average molecular weight is 215 g/mol. The van der Waals surface area contributed by atoms with Crippen molar-refractivity contribution in [2.75, 3.05) is 13.2 Å². The molecule has 0 aromatic heterocycles. The topological polar surface area (TPSA) is 78.8 Å². The Morgan fingerprint density at radius 1 is 1.60 bits per heavy atom. The first-order chi connectivity index (χ1) is 7.11. The van der Waals surface area contributed by atoms with Crippen LogP contribution in [0.3, 0.4) is 0 Å². The van der Waals surface area contributed by atoms with Crippen molar-refractivity contribution in [2.24, 2.45) is 0 Å². The molecule has 0 amide bonds. The molecule has 0 unspecified atom stereocenters. The van der Waals surface area contributed by atoms with Crippen molar-refractivity contribution in [3.05, 3.63) is 11.3 Å². The van der Waals surface area contributed by atoms with Gasteiger partial charge < -0.3 is 20.3 Å². The molecule has 1 aliphatic heterocycles. The highest BCUT2D eigenvalue weighted by atomic mass is 16.6. The van der Waals surface area contributed by atoms with E-state index in [1.807, 2.05) is 6.92 Å². The van der Waals surface area contributed by atoms with Gasteiger partial charge in [-0.1, -0.05) is 6.92 Å². The average Bonchev–Trinajstić information content (AvgIpc) is 2.52. The molecular formula is C10H17NO4. The van der Waals surface area contributed by atoms with Crippen LogP contribution >= 0.6 is 0 Å². The lowest BCUT2D eigenvalue weighted by Crippen LogP contribution is -2.36. The smallest absolute Gasteiger partial charge is 0.336 e. The molecule has 0 aromatic carbocycles. The fourth-order valence-electron chi connectivity index (χ4n) is 1.45. The number of rotatable bonds is 5. The number of esters is 1. The van der Waals surface area contributed by atoms with Gasteiger partial charge in [0.15, 0.2) is 6.10 Å². The summed E-state index contributed by atoms with van der Waals surface area (Å²) in [6.45, 7) is 3.92. The lowest BCUT2D eigenvalue weighted by Gasteiger charge is -2.19. The zero-order valence-electron chi connectivity index (χ0n) is 8.99. The van der Waals surface area contributed by atoms with Gasteiger partial charge in [-0.05, 0) is 13.3 Å². The molecule has 1 aliphatic rings. The van der Waals surface area contributed by atoms with Crippen LogP contribution in [-0.4, -0.2) is 41.5 Å². The van der Waals surface area contributed by atoms with E-state index in [4.69, 9.17) is 9.84 Å². The predicted molar refractivity (Wildman–Crippen MR) is 54.0 cm³/mol. The summed E-state index contributed by atoms with van der Waals surface area (Å²) in [7, 11) is 0. The number of carbonyl (C=O) groups is 1. The molecule has 1 rings (SSSR count). The molecule has 0 spiro atoms. The van der Waals surface area contributed by atoms with Gasteiger partial charge in [-0.25, -0.2) is 4.79 Å². The first-order valence-corrected chi connectivity index (χ1v) is 5.06. The van der Waals surface area contributed by atoms with Gasteiger partial charge in [-0.2, -0.15) is 0 Å². The summed E-state index contributed by atoms with van der Waals surface area (Å²) in [6.07, 6.45) is -0.910. The standard InChI is InChI=1S/C10H17NO4/c1-3-4-11-8-6(2)10(14)15-9(8)7(13)5-12/h7,9,11-13H,3-5H2,1-2H3/t7-,9+/m0/s1. The number of aliphatic hydroxyl groups is 2. The number of hydrogen-bond donors (Lipinski definition) is 3.